The van der Waals surface area contributed by atoms with Gasteiger partial charge >= 0.3 is 0 Å². The van der Waals surface area contributed by atoms with Crippen LogP contribution in [-0.2, 0) is 22.2 Å². The Bertz CT molecular complexity index is 995. The number of methoxy groups -OCH3 is 1. The van der Waals surface area contributed by atoms with Crippen LogP contribution in [0.15, 0.2) is 59.1 Å². The van der Waals surface area contributed by atoms with Crippen LogP contribution < -0.4 is 9.46 Å². The van der Waals surface area contributed by atoms with Crippen LogP contribution in [0, 0.1) is 6.92 Å². The van der Waals surface area contributed by atoms with E-state index in [0.29, 0.717) is 17.9 Å². The lowest BCUT2D eigenvalue weighted by atomic mass is 10.1. The Morgan fingerprint density at radius 2 is 1.89 bits per heavy atom. The molecular formula is C20H22N2O4S. The van der Waals surface area contributed by atoms with Gasteiger partial charge in [0.1, 0.15) is 5.75 Å². The molecule has 142 valence electrons. The third-order valence-corrected chi connectivity index (χ3v) is 5.45. The number of nitrogens with zero attached hydrogens (tertiary/aromatic N) is 1. The zero-order valence-electron chi connectivity index (χ0n) is 15.3. The molecule has 3 aromatic rings. The van der Waals surface area contributed by atoms with Crippen LogP contribution in [0.4, 0.5) is 0 Å². The van der Waals surface area contributed by atoms with E-state index >= 15 is 0 Å². The van der Waals surface area contributed by atoms with Crippen LogP contribution >= 0.6 is 0 Å². The van der Waals surface area contributed by atoms with Crippen LogP contribution in [0.3, 0.4) is 0 Å². The molecule has 1 heterocycles. The van der Waals surface area contributed by atoms with Crippen LogP contribution in [0.2, 0.25) is 0 Å². The van der Waals surface area contributed by atoms with Crippen molar-refractivity contribution in [3.8, 4) is 17.1 Å². The summed E-state index contributed by atoms with van der Waals surface area (Å²) >= 11 is 0. The molecule has 0 amide bonds. The van der Waals surface area contributed by atoms with Crippen molar-refractivity contribution in [2.75, 3.05) is 13.7 Å². The molecule has 0 unspecified atom stereocenters. The highest BCUT2D eigenvalue weighted by Crippen LogP contribution is 2.24. The maximum absolute atomic E-state index is 12.2. The van der Waals surface area contributed by atoms with Gasteiger partial charge in [-0.15, -0.1) is 0 Å². The van der Waals surface area contributed by atoms with Gasteiger partial charge in [0.25, 0.3) is 0 Å². The molecule has 0 bridgehead atoms. The van der Waals surface area contributed by atoms with Gasteiger partial charge in [-0.3, -0.25) is 0 Å². The first-order chi connectivity index (χ1) is 12.9. The largest absolute Gasteiger partial charge is 0.497 e. The maximum atomic E-state index is 12.2. The Kier molecular flexibility index (Phi) is 5.93. The first-order valence-electron chi connectivity index (χ1n) is 8.58. The fraction of sp³-hybridized carbons (Fsp3) is 0.250. The summed E-state index contributed by atoms with van der Waals surface area (Å²) in [6.45, 7) is 2.23. The van der Waals surface area contributed by atoms with E-state index in [1.54, 1.807) is 7.11 Å². The highest BCUT2D eigenvalue weighted by molar-refractivity contribution is 7.88. The standard InChI is InChI=1S/C20H22N2O4S/c1-15-6-8-16(9-7-15)14-27(23,24)21-11-10-18-13-20(26-22-18)17-4-3-5-19(12-17)25-2/h3-9,12-13,21H,10-11,14H2,1-2H3. The average Bonchev–Trinajstić information content (AvgIpc) is 3.12. The van der Waals surface area contributed by atoms with Gasteiger partial charge in [0.2, 0.25) is 10.0 Å². The molecule has 2 aromatic carbocycles. The molecule has 3 rings (SSSR count). The van der Waals surface area contributed by atoms with Gasteiger partial charge in [-0.1, -0.05) is 47.1 Å². The van der Waals surface area contributed by atoms with Gasteiger partial charge in [-0.05, 0) is 24.6 Å². The van der Waals surface area contributed by atoms with Crippen LogP contribution in [0.25, 0.3) is 11.3 Å². The van der Waals surface area contributed by atoms with E-state index in [-0.39, 0.29) is 12.3 Å². The zero-order chi connectivity index (χ0) is 19.3. The topological polar surface area (TPSA) is 81.4 Å². The molecule has 6 nitrogen and oxygen atoms in total. The van der Waals surface area contributed by atoms with E-state index < -0.39 is 10.0 Å². The van der Waals surface area contributed by atoms with Crippen LogP contribution in [-0.4, -0.2) is 27.2 Å². The van der Waals surface area contributed by atoms with Crippen LogP contribution in [0.1, 0.15) is 16.8 Å². The Labute approximate surface area is 159 Å². The summed E-state index contributed by atoms with van der Waals surface area (Å²) in [6.07, 6.45) is 0.445. The van der Waals surface area contributed by atoms with E-state index in [1.807, 2.05) is 61.5 Å². The predicted octanol–water partition coefficient (Wildman–Crippen LogP) is 3.32. The van der Waals surface area contributed by atoms with Crippen molar-refractivity contribution in [2.24, 2.45) is 0 Å². The number of ether oxygens (including phenoxy) is 1. The first-order valence-corrected chi connectivity index (χ1v) is 10.2. The molecular weight excluding hydrogens is 364 g/mol. The third-order valence-electron chi connectivity index (χ3n) is 4.09. The second-order valence-corrected chi connectivity index (χ2v) is 8.11. The molecule has 0 saturated heterocycles. The summed E-state index contributed by atoms with van der Waals surface area (Å²) in [7, 11) is -1.79. The second-order valence-electron chi connectivity index (χ2n) is 6.30. The van der Waals surface area contributed by atoms with Crippen molar-refractivity contribution in [1.29, 1.82) is 0 Å². The minimum Gasteiger partial charge on any atom is -0.497 e. The fourth-order valence-corrected chi connectivity index (χ4v) is 3.78. The summed E-state index contributed by atoms with van der Waals surface area (Å²) in [5.41, 5.74) is 3.40. The summed E-state index contributed by atoms with van der Waals surface area (Å²) < 4.78 is 37.6. The Hall–Kier alpha value is -2.64. The summed E-state index contributed by atoms with van der Waals surface area (Å²) in [6, 6.07) is 16.7. The van der Waals surface area contributed by atoms with E-state index in [4.69, 9.17) is 9.26 Å². The number of sulfonamides is 1. The molecule has 0 atom stereocenters. The smallest absolute Gasteiger partial charge is 0.215 e. The summed E-state index contributed by atoms with van der Waals surface area (Å²) in [5, 5.41) is 4.01. The monoisotopic (exact) mass is 386 g/mol. The van der Waals surface area contributed by atoms with Gasteiger partial charge in [0.15, 0.2) is 5.76 Å². The van der Waals surface area contributed by atoms with Gasteiger partial charge in [0.05, 0.1) is 18.6 Å². The molecule has 7 heteroatoms. The zero-order valence-corrected chi connectivity index (χ0v) is 16.1. The number of benzene rings is 2. The molecule has 0 aliphatic rings. The lowest BCUT2D eigenvalue weighted by Crippen LogP contribution is -2.27. The quantitative estimate of drug-likeness (QED) is 0.642. The van der Waals surface area contributed by atoms with Crippen molar-refractivity contribution in [1.82, 2.24) is 9.88 Å². The fourth-order valence-electron chi connectivity index (χ4n) is 2.63. The number of aryl methyl sites for hydroxylation is 1. The van der Waals surface area contributed by atoms with Gasteiger partial charge in [-0.2, -0.15) is 0 Å². The first kappa shape index (κ1) is 19.1. The lowest BCUT2D eigenvalue weighted by molar-refractivity contribution is 0.412. The Balaban J connectivity index is 1.56. The van der Waals surface area contributed by atoms with Crippen molar-refractivity contribution in [2.45, 2.75) is 19.1 Å². The minimum absolute atomic E-state index is 0.0405. The normalized spacial score (nSPS) is 11.5. The molecule has 27 heavy (non-hydrogen) atoms. The Morgan fingerprint density at radius 1 is 1.11 bits per heavy atom. The number of aromatic nitrogens is 1. The Morgan fingerprint density at radius 3 is 2.63 bits per heavy atom. The van der Waals surface area contributed by atoms with Gasteiger partial charge in [0, 0.05) is 24.6 Å². The van der Waals surface area contributed by atoms with Gasteiger partial charge < -0.3 is 9.26 Å². The molecule has 0 spiro atoms. The highest BCUT2D eigenvalue weighted by Gasteiger charge is 2.12. The number of nitrogens with one attached hydrogen (secondary N) is 1. The van der Waals surface area contributed by atoms with E-state index in [0.717, 1.165) is 22.4 Å². The molecule has 1 aromatic heterocycles. The van der Waals surface area contributed by atoms with E-state index in [2.05, 4.69) is 9.88 Å². The van der Waals surface area contributed by atoms with Crippen LogP contribution in [0.5, 0.6) is 5.75 Å². The molecule has 0 aliphatic carbocycles. The second kappa shape index (κ2) is 8.37. The SMILES string of the molecule is COc1cccc(-c2cc(CCNS(=O)(=O)Cc3ccc(C)cc3)no2)c1. The number of hydrogen-bond acceptors (Lipinski definition) is 5. The molecule has 0 fully saturated rings. The lowest BCUT2D eigenvalue weighted by Gasteiger charge is -2.06. The third kappa shape index (κ3) is 5.42. The maximum Gasteiger partial charge on any atom is 0.215 e. The minimum atomic E-state index is -3.40. The van der Waals surface area contributed by atoms with Crippen molar-refractivity contribution >= 4 is 10.0 Å². The summed E-state index contributed by atoms with van der Waals surface area (Å²) in [4.78, 5) is 0. The number of hydrogen-bond donors (Lipinski definition) is 1. The van der Waals surface area contributed by atoms with E-state index in [1.165, 1.54) is 0 Å². The van der Waals surface area contributed by atoms with Gasteiger partial charge in [-0.25, -0.2) is 13.1 Å². The molecule has 0 radical (unpaired) electrons. The van der Waals surface area contributed by atoms with Crippen molar-refractivity contribution in [3.63, 3.8) is 0 Å². The van der Waals surface area contributed by atoms with Crippen molar-refractivity contribution in [3.05, 3.63) is 71.4 Å². The van der Waals surface area contributed by atoms with E-state index in [9.17, 15) is 8.42 Å². The molecule has 0 aliphatic heterocycles. The summed E-state index contributed by atoms with van der Waals surface area (Å²) in [5.74, 6) is 1.31. The average molecular weight is 386 g/mol. The predicted molar refractivity (Wildman–Crippen MR) is 104 cm³/mol. The highest BCUT2D eigenvalue weighted by atomic mass is 32.2. The number of rotatable bonds is 8. The van der Waals surface area contributed by atoms with Crippen molar-refractivity contribution < 1.29 is 17.7 Å². The molecule has 1 N–H and O–H groups in total. The molecule has 0 saturated carbocycles.